The SMILES string of the molecule is CN(C)C(=O)Sc1ccc(NC(=O)c2ccc(SC(F)F)cc2)cc1. The van der Waals surface area contributed by atoms with Crippen LogP contribution in [0.15, 0.2) is 58.3 Å². The maximum Gasteiger partial charge on any atom is 0.288 e. The van der Waals surface area contributed by atoms with Crippen LogP contribution in [0.5, 0.6) is 0 Å². The van der Waals surface area contributed by atoms with Gasteiger partial charge < -0.3 is 10.2 Å². The van der Waals surface area contributed by atoms with E-state index in [0.29, 0.717) is 27.9 Å². The van der Waals surface area contributed by atoms with E-state index >= 15 is 0 Å². The summed E-state index contributed by atoms with van der Waals surface area (Å²) >= 11 is 1.53. The average Bonchev–Trinajstić information content (AvgIpc) is 2.56. The van der Waals surface area contributed by atoms with Crippen molar-refractivity contribution < 1.29 is 18.4 Å². The number of nitrogens with one attached hydrogen (secondary N) is 1. The average molecular weight is 382 g/mol. The number of anilines is 1. The van der Waals surface area contributed by atoms with Gasteiger partial charge in [0, 0.05) is 35.1 Å². The van der Waals surface area contributed by atoms with E-state index in [0.717, 1.165) is 16.7 Å². The molecule has 0 bridgehead atoms. The molecule has 0 aliphatic rings. The van der Waals surface area contributed by atoms with E-state index in [9.17, 15) is 18.4 Å². The molecular formula is C17H16F2N2O2S2. The fourth-order valence-electron chi connectivity index (χ4n) is 1.79. The Bertz CT molecular complexity index is 735. The van der Waals surface area contributed by atoms with Gasteiger partial charge in [-0.15, -0.1) is 0 Å². The second-order valence-electron chi connectivity index (χ2n) is 5.14. The minimum absolute atomic E-state index is 0.0847. The van der Waals surface area contributed by atoms with Crippen LogP contribution in [-0.2, 0) is 0 Å². The summed E-state index contributed by atoms with van der Waals surface area (Å²) in [4.78, 5) is 26.4. The quantitative estimate of drug-likeness (QED) is 0.737. The molecule has 0 unspecified atom stereocenters. The highest BCUT2D eigenvalue weighted by Crippen LogP contribution is 2.26. The lowest BCUT2D eigenvalue weighted by Crippen LogP contribution is -2.16. The van der Waals surface area contributed by atoms with Crippen molar-refractivity contribution in [2.45, 2.75) is 15.5 Å². The van der Waals surface area contributed by atoms with E-state index in [2.05, 4.69) is 5.32 Å². The van der Waals surface area contributed by atoms with Crippen LogP contribution >= 0.6 is 23.5 Å². The summed E-state index contributed by atoms with van der Waals surface area (Å²) < 4.78 is 24.6. The van der Waals surface area contributed by atoms with E-state index in [4.69, 9.17) is 0 Å². The molecular weight excluding hydrogens is 366 g/mol. The molecule has 8 heteroatoms. The van der Waals surface area contributed by atoms with Crippen molar-refractivity contribution in [2.75, 3.05) is 19.4 Å². The number of amides is 2. The first-order chi connectivity index (χ1) is 11.8. The number of alkyl halides is 2. The molecule has 132 valence electrons. The van der Waals surface area contributed by atoms with Gasteiger partial charge in [-0.25, -0.2) is 0 Å². The lowest BCUT2D eigenvalue weighted by molar-refractivity contribution is 0.102. The summed E-state index contributed by atoms with van der Waals surface area (Å²) in [6, 6.07) is 12.8. The molecule has 25 heavy (non-hydrogen) atoms. The van der Waals surface area contributed by atoms with Crippen molar-refractivity contribution in [2.24, 2.45) is 0 Å². The van der Waals surface area contributed by atoms with E-state index in [1.54, 1.807) is 38.4 Å². The Morgan fingerprint density at radius 3 is 2.04 bits per heavy atom. The second-order valence-corrected chi connectivity index (χ2v) is 7.23. The molecule has 2 aromatic carbocycles. The predicted octanol–water partition coefficient (Wildman–Crippen LogP) is 5.03. The van der Waals surface area contributed by atoms with Crippen molar-refractivity contribution in [1.29, 1.82) is 0 Å². The van der Waals surface area contributed by atoms with Crippen molar-refractivity contribution >= 4 is 40.4 Å². The molecule has 0 aliphatic heterocycles. The largest absolute Gasteiger partial charge is 0.339 e. The zero-order chi connectivity index (χ0) is 18.4. The number of hydrogen-bond acceptors (Lipinski definition) is 4. The van der Waals surface area contributed by atoms with Crippen LogP contribution in [0.25, 0.3) is 0 Å². The molecule has 0 saturated heterocycles. The Morgan fingerprint density at radius 2 is 1.52 bits per heavy atom. The Kier molecular flexibility index (Phi) is 6.83. The molecule has 0 atom stereocenters. The monoisotopic (exact) mass is 382 g/mol. The number of benzene rings is 2. The molecule has 2 rings (SSSR count). The molecule has 0 heterocycles. The smallest absolute Gasteiger partial charge is 0.288 e. The topological polar surface area (TPSA) is 49.4 Å². The Hall–Kier alpha value is -2.06. The Morgan fingerprint density at radius 1 is 0.960 bits per heavy atom. The number of carbonyl (C=O) groups excluding carboxylic acids is 2. The fourth-order valence-corrected chi connectivity index (χ4v) is 2.94. The van der Waals surface area contributed by atoms with Crippen LogP contribution in [0.4, 0.5) is 19.3 Å². The van der Waals surface area contributed by atoms with Gasteiger partial charge in [0.05, 0.1) is 0 Å². The lowest BCUT2D eigenvalue weighted by Gasteiger charge is -2.10. The fraction of sp³-hybridized carbons (Fsp3) is 0.176. The molecule has 1 N–H and O–H groups in total. The van der Waals surface area contributed by atoms with Gasteiger partial charge in [0.25, 0.3) is 16.9 Å². The van der Waals surface area contributed by atoms with E-state index in [-0.39, 0.29) is 11.1 Å². The third-order valence-corrected chi connectivity index (χ3v) is 4.79. The van der Waals surface area contributed by atoms with Gasteiger partial charge in [-0.3, -0.25) is 9.59 Å². The Balaban J connectivity index is 1.97. The molecule has 0 spiro atoms. The molecule has 4 nitrogen and oxygen atoms in total. The van der Waals surface area contributed by atoms with Gasteiger partial charge in [-0.05, 0) is 60.3 Å². The molecule has 0 aromatic heterocycles. The molecule has 2 aromatic rings. The number of rotatable bonds is 5. The first-order valence-electron chi connectivity index (χ1n) is 7.20. The van der Waals surface area contributed by atoms with Crippen molar-refractivity contribution in [3.63, 3.8) is 0 Å². The standard InChI is InChI=1S/C17H16F2N2O2S2/c1-21(2)17(23)25-14-9-5-12(6-10-14)20-15(22)11-3-7-13(8-4-11)24-16(18)19/h3-10,16H,1-2H3,(H,20,22). The highest BCUT2D eigenvalue weighted by atomic mass is 32.2. The normalized spacial score (nSPS) is 10.6. The number of nitrogens with zero attached hydrogens (tertiary/aromatic N) is 1. The van der Waals surface area contributed by atoms with E-state index < -0.39 is 5.76 Å². The third-order valence-electron chi connectivity index (χ3n) is 3.02. The maximum atomic E-state index is 12.3. The maximum absolute atomic E-state index is 12.3. The van der Waals surface area contributed by atoms with Crippen LogP contribution in [0.2, 0.25) is 0 Å². The summed E-state index contributed by atoms with van der Waals surface area (Å²) in [5.41, 5.74) is 0.956. The van der Waals surface area contributed by atoms with Crippen molar-refractivity contribution in [3.05, 3.63) is 54.1 Å². The third kappa shape index (κ3) is 6.06. The second kappa shape index (κ2) is 8.87. The summed E-state index contributed by atoms with van der Waals surface area (Å²) in [6.07, 6.45) is 0. The molecule has 2 amide bonds. The van der Waals surface area contributed by atoms with Gasteiger partial charge >= 0.3 is 0 Å². The summed E-state index contributed by atoms with van der Waals surface area (Å²) in [5, 5.41) is 2.64. The molecule has 0 saturated carbocycles. The number of thioether (sulfide) groups is 2. The molecule has 0 radical (unpaired) electrons. The van der Waals surface area contributed by atoms with Gasteiger partial charge in [-0.1, -0.05) is 11.8 Å². The zero-order valence-corrected chi connectivity index (χ0v) is 15.2. The van der Waals surface area contributed by atoms with Gasteiger partial charge in [-0.2, -0.15) is 8.78 Å². The summed E-state index contributed by atoms with van der Waals surface area (Å²) in [5.74, 6) is -2.83. The van der Waals surface area contributed by atoms with E-state index in [1.807, 2.05) is 0 Å². The number of hydrogen-bond donors (Lipinski definition) is 1. The molecule has 0 fully saturated rings. The van der Waals surface area contributed by atoms with Gasteiger partial charge in [0.2, 0.25) is 0 Å². The van der Waals surface area contributed by atoms with Crippen LogP contribution in [0, 0.1) is 0 Å². The predicted molar refractivity (Wildman–Crippen MR) is 97.6 cm³/mol. The van der Waals surface area contributed by atoms with Crippen LogP contribution < -0.4 is 5.32 Å². The van der Waals surface area contributed by atoms with E-state index in [1.165, 1.54) is 29.2 Å². The van der Waals surface area contributed by atoms with Gasteiger partial charge in [0.1, 0.15) is 0 Å². The highest BCUT2D eigenvalue weighted by molar-refractivity contribution is 8.13. The minimum Gasteiger partial charge on any atom is -0.339 e. The number of halogens is 2. The van der Waals surface area contributed by atoms with Crippen LogP contribution in [0.3, 0.4) is 0 Å². The number of carbonyl (C=O) groups is 2. The molecule has 0 aliphatic carbocycles. The van der Waals surface area contributed by atoms with Crippen molar-refractivity contribution in [1.82, 2.24) is 4.90 Å². The highest BCUT2D eigenvalue weighted by Gasteiger charge is 2.10. The minimum atomic E-state index is -2.49. The van der Waals surface area contributed by atoms with Gasteiger partial charge in [0.15, 0.2) is 0 Å². The Labute approximate surface area is 153 Å². The van der Waals surface area contributed by atoms with Crippen molar-refractivity contribution in [3.8, 4) is 0 Å². The summed E-state index contributed by atoms with van der Waals surface area (Å²) in [7, 11) is 3.35. The lowest BCUT2D eigenvalue weighted by atomic mass is 10.2. The first kappa shape index (κ1) is 19.3. The zero-order valence-electron chi connectivity index (χ0n) is 13.5. The van der Waals surface area contributed by atoms with Crippen LogP contribution in [0.1, 0.15) is 10.4 Å². The van der Waals surface area contributed by atoms with Crippen LogP contribution in [-0.4, -0.2) is 35.9 Å². The summed E-state index contributed by atoms with van der Waals surface area (Å²) in [6.45, 7) is 0. The first-order valence-corrected chi connectivity index (χ1v) is 8.90.